The van der Waals surface area contributed by atoms with Gasteiger partial charge in [0.05, 0.1) is 0 Å². The fourth-order valence-corrected chi connectivity index (χ4v) is 3.15. The highest BCUT2D eigenvalue weighted by Crippen LogP contribution is 2.46. The Bertz CT molecular complexity index is 149. The second-order valence-corrected chi connectivity index (χ2v) is 4.36. The smallest absolute Gasteiger partial charge is 0.0101 e. The van der Waals surface area contributed by atoms with Gasteiger partial charge < -0.3 is 4.90 Å². The third kappa shape index (κ3) is 0.936. The number of fused-ring (bicyclic) bond motifs is 2. The van der Waals surface area contributed by atoms with E-state index in [1.54, 1.807) is 0 Å². The fraction of sp³-hybridized carbons (Fsp3) is 1.00. The lowest BCUT2D eigenvalue weighted by molar-refractivity contribution is 0.142. The summed E-state index contributed by atoms with van der Waals surface area (Å²) in [5, 5.41) is 0. The number of hydrogen-bond donors (Lipinski definition) is 0. The number of piperidine rings is 1. The molecule has 0 radical (unpaired) electrons. The lowest BCUT2D eigenvalue weighted by Crippen LogP contribution is -2.38. The van der Waals surface area contributed by atoms with Crippen LogP contribution in [0.2, 0.25) is 0 Å². The van der Waals surface area contributed by atoms with Gasteiger partial charge >= 0.3 is 0 Å². The van der Waals surface area contributed by atoms with E-state index in [2.05, 4.69) is 25.8 Å². The Hall–Kier alpha value is -0.0400. The summed E-state index contributed by atoms with van der Waals surface area (Å²) in [6, 6.07) is 1.79. The Morgan fingerprint density at radius 2 is 2.09 bits per heavy atom. The molecule has 1 heterocycles. The van der Waals surface area contributed by atoms with Gasteiger partial charge in [-0.15, -0.1) is 0 Å². The Balaban J connectivity index is 2.10. The predicted molar refractivity (Wildman–Crippen MR) is 47.5 cm³/mol. The third-order valence-electron chi connectivity index (χ3n) is 4.09. The zero-order valence-electron chi connectivity index (χ0n) is 7.88. The van der Waals surface area contributed by atoms with E-state index in [1.807, 2.05) is 0 Å². The summed E-state index contributed by atoms with van der Waals surface area (Å²) in [6.45, 7) is 4.74. The van der Waals surface area contributed by atoms with Crippen molar-refractivity contribution >= 4 is 0 Å². The lowest BCUT2D eigenvalue weighted by Gasteiger charge is -2.34. The first-order valence-electron chi connectivity index (χ1n) is 4.96. The second-order valence-electron chi connectivity index (χ2n) is 4.36. The van der Waals surface area contributed by atoms with Crippen LogP contribution in [0.4, 0.5) is 0 Å². The summed E-state index contributed by atoms with van der Waals surface area (Å²) >= 11 is 0. The van der Waals surface area contributed by atoms with Gasteiger partial charge in [-0.1, -0.05) is 13.3 Å². The van der Waals surface area contributed by atoms with Crippen molar-refractivity contribution in [3.63, 3.8) is 0 Å². The largest absolute Gasteiger partial charge is 0.300 e. The third-order valence-corrected chi connectivity index (χ3v) is 4.09. The predicted octanol–water partition coefficient (Wildman–Crippen LogP) is 2.13. The van der Waals surface area contributed by atoms with Crippen LogP contribution < -0.4 is 0 Å². The Morgan fingerprint density at radius 1 is 1.36 bits per heavy atom. The Kier molecular flexibility index (Phi) is 1.71. The van der Waals surface area contributed by atoms with E-state index in [9.17, 15) is 0 Å². The SMILES string of the molecule is CCC1CC2CC1[C@@H](C)N2C. The molecule has 2 bridgehead atoms. The minimum Gasteiger partial charge on any atom is -0.300 e. The zero-order valence-corrected chi connectivity index (χ0v) is 7.88. The summed E-state index contributed by atoms with van der Waals surface area (Å²) in [6.07, 6.45) is 4.36. The van der Waals surface area contributed by atoms with Crippen molar-refractivity contribution in [1.29, 1.82) is 0 Å². The molecule has 4 atom stereocenters. The molecule has 3 unspecified atom stereocenters. The summed E-state index contributed by atoms with van der Waals surface area (Å²) in [5.41, 5.74) is 0. The zero-order chi connectivity index (χ0) is 8.01. The molecule has 2 fully saturated rings. The van der Waals surface area contributed by atoms with E-state index in [0.29, 0.717) is 0 Å². The van der Waals surface area contributed by atoms with Gasteiger partial charge in [-0.25, -0.2) is 0 Å². The first-order valence-corrected chi connectivity index (χ1v) is 4.96. The number of rotatable bonds is 1. The van der Waals surface area contributed by atoms with Gasteiger partial charge in [0, 0.05) is 12.1 Å². The van der Waals surface area contributed by atoms with Gasteiger partial charge in [0.15, 0.2) is 0 Å². The van der Waals surface area contributed by atoms with Crippen molar-refractivity contribution < 1.29 is 0 Å². The topological polar surface area (TPSA) is 3.24 Å². The van der Waals surface area contributed by atoms with Crippen LogP contribution in [-0.2, 0) is 0 Å². The maximum absolute atomic E-state index is 2.58. The van der Waals surface area contributed by atoms with E-state index in [-0.39, 0.29) is 0 Å². The molecule has 0 N–H and O–H groups in total. The maximum atomic E-state index is 2.58. The number of likely N-dealkylation sites (tertiary alicyclic amines) is 1. The monoisotopic (exact) mass is 153 g/mol. The van der Waals surface area contributed by atoms with E-state index in [1.165, 1.54) is 19.3 Å². The van der Waals surface area contributed by atoms with E-state index < -0.39 is 0 Å². The molecule has 1 nitrogen and oxygen atoms in total. The van der Waals surface area contributed by atoms with Crippen LogP contribution in [0.1, 0.15) is 33.1 Å². The Labute approximate surface area is 69.8 Å². The second kappa shape index (κ2) is 2.48. The van der Waals surface area contributed by atoms with Gasteiger partial charge in [0.25, 0.3) is 0 Å². The van der Waals surface area contributed by atoms with Crippen molar-refractivity contribution in [3.05, 3.63) is 0 Å². The van der Waals surface area contributed by atoms with Gasteiger partial charge in [-0.2, -0.15) is 0 Å². The molecule has 0 aromatic rings. The Morgan fingerprint density at radius 3 is 2.55 bits per heavy atom. The molecular formula is C10H19N. The van der Waals surface area contributed by atoms with Crippen LogP contribution in [0, 0.1) is 11.8 Å². The summed E-state index contributed by atoms with van der Waals surface area (Å²) < 4.78 is 0. The molecule has 1 aliphatic heterocycles. The quantitative estimate of drug-likeness (QED) is 0.558. The molecule has 1 saturated carbocycles. The molecule has 1 heteroatoms. The lowest BCUT2D eigenvalue weighted by atomic mass is 9.87. The molecule has 1 saturated heterocycles. The summed E-state index contributed by atoms with van der Waals surface area (Å²) in [4.78, 5) is 2.58. The van der Waals surface area contributed by atoms with Crippen LogP contribution in [-0.4, -0.2) is 24.0 Å². The molecule has 11 heavy (non-hydrogen) atoms. The highest BCUT2D eigenvalue weighted by molar-refractivity contribution is 5.00. The van der Waals surface area contributed by atoms with Crippen molar-refractivity contribution in [2.45, 2.75) is 45.2 Å². The van der Waals surface area contributed by atoms with E-state index in [0.717, 1.165) is 23.9 Å². The van der Waals surface area contributed by atoms with Crippen LogP contribution in [0.25, 0.3) is 0 Å². The van der Waals surface area contributed by atoms with Crippen LogP contribution in [0.15, 0.2) is 0 Å². The molecule has 2 aliphatic rings. The first kappa shape index (κ1) is 7.60. The summed E-state index contributed by atoms with van der Waals surface area (Å²) in [5.74, 6) is 2.07. The van der Waals surface area contributed by atoms with Crippen LogP contribution >= 0.6 is 0 Å². The average molecular weight is 153 g/mol. The van der Waals surface area contributed by atoms with Gasteiger partial charge in [0.2, 0.25) is 0 Å². The van der Waals surface area contributed by atoms with E-state index >= 15 is 0 Å². The minimum absolute atomic E-state index is 0.860. The standard InChI is InChI=1S/C10H19N/c1-4-8-5-9-6-10(8)7(2)11(9)3/h7-10H,4-6H2,1-3H3/t7-,8?,9?,10?/m1/s1. The van der Waals surface area contributed by atoms with Crippen LogP contribution in [0.5, 0.6) is 0 Å². The number of hydrogen-bond acceptors (Lipinski definition) is 1. The fourth-order valence-electron chi connectivity index (χ4n) is 3.15. The van der Waals surface area contributed by atoms with Gasteiger partial charge in [-0.3, -0.25) is 0 Å². The summed E-state index contributed by atoms with van der Waals surface area (Å²) in [7, 11) is 2.29. The molecule has 0 spiro atoms. The molecule has 2 rings (SSSR count). The highest BCUT2D eigenvalue weighted by Gasteiger charge is 2.46. The normalized spacial score (nSPS) is 50.5. The van der Waals surface area contributed by atoms with Gasteiger partial charge in [-0.05, 0) is 38.6 Å². The van der Waals surface area contributed by atoms with Crippen molar-refractivity contribution in [2.75, 3.05) is 7.05 Å². The van der Waals surface area contributed by atoms with Crippen LogP contribution in [0.3, 0.4) is 0 Å². The van der Waals surface area contributed by atoms with E-state index in [4.69, 9.17) is 0 Å². The molecule has 64 valence electrons. The molecule has 0 aromatic carbocycles. The molecular weight excluding hydrogens is 134 g/mol. The molecule has 1 aliphatic carbocycles. The van der Waals surface area contributed by atoms with Crippen molar-refractivity contribution in [2.24, 2.45) is 11.8 Å². The minimum atomic E-state index is 0.860. The van der Waals surface area contributed by atoms with Crippen molar-refractivity contribution in [1.82, 2.24) is 4.90 Å². The molecule has 0 aromatic heterocycles. The maximum Gasteiger partial charge on any atom is 0.0101 e. The highest BCUT2D eigenvalue weighted by atomic mass is 15.2. The first-order chi connectivity index (χ1) is 5.24. The number of nitrogens with zero attached hydrogens (tertiary/aromatic N) is 1. The molecule has 0 amide bonds. The van der Waals surface area contributed by atoms with Gasteiger partial charge in [0.1, 0.15) is 0 Å². The average Bonchev–Trinajstić information content (AvgIpc) is 2.53. The van der Waals surface area contributed by atoms with Crippen molar-refractivity contribution in [3.8, 4) is 0 Å².